The Hall–Kier alpha value is -2.25. The van der Waals surface area contributed by atoms with Crippen LogP contribution in [0.25, 0.3) is 10.9 Å². The Morgan fingerprint density at radius 2 is 1.79 bits per heavy atom. The number of rotatable bonds is 4. The van der Waals surface area contributed by atoms with E-state index in [1.54, 1.807) is 0 Å². The molecule has 3 atom stereocenters. The molecular weight excluding hydrogens is 414 g/mol. The average Bonchev–Trinajstić information content (AvgIpc) is 3.25. The third-order valence-corrected chi connectivity index (χ3v) is 8.75. The predicted octanol–water partition coefficient (Wildman–Crippen LogP) is 2.80. The first-order valence-electron chi connectivity index (χ1n) is 12.8. The highest BCUT2D eigenvalue weighted by atomic mass is 16.2. The summed E-state index contributed by atoms with van der Waals surface area (Å²) in [6.45, 7) is 3.63. The van der Waals surface area contributed by atoms with Crippen molar-refractivity contribution in [2.45, 2.75) is 75.3 Å². The summed E-state index contributed by atoms with van der Waals surface area (Å²) in [5.74, 6) is 0.664. The van der Waals surface area contributed by atoms with Crippen molar-refractivity contribution in [2.75, 3.05) is 19.6 Å². The molecule has 1 unspecified atom stereocenters. The summed E-state index contributed by atoms with van der Waals surface area (Å²) in [6, 6.07) is 7.91. The summed E-state index contributed by atoms with van der Waals surface area (Å²) in [4.78, 5) is 27.0. The molecule has 7 heteroatoms. The van der Waals surface area contributed by atoms with Crippen LogP contribution in [0.4, 0.5) is 0 Å². The molecule has 0 saturated carbocycles. The van der Waals surface area contributed by atoms with Gasteiger partial charge in [-0.05, 0) is 75.4 Å². The number of imide groups is 1. The maximum Gasteiger partial charge on any atom is 0.235 e. The van der Waals surface area contributed by atoms with Gasteiger partial charge in [-0.3, -0.25) is 24.5 Å². The topological polar surface area (TPSA) is 79.3 Å². The highest BCUT2D eigenvalue weighted by Crippen LogP contribution is 2.45. The smallest absolute Gasteiger partial charge is 0.235 e. The summed E-state index contributed by atoms with van der Waals surface area (Å²) in [5.41, 5.74) is 3.39. The van der Waals surface area contributed by atoms with Crippen LogP contribution in [0, 0.1) is 5.92 Å². The van der Waals surface area contributed by atoms with Gasteiger partial charge in [-0.2, -0.15) is 5.10 Å². The van der Waals surface area contributed by atoms with Gasteiger partial charge in [-0.1, -0.05) is 18.2 Å². The molecule has 2 amide bonds. The van der Waals surface area contributed by atoms with Gasteiger partial charge in [0.2, 0.25) is 11.8 Å². The van der Waals surface area contributed by atoms with Crippen LogP contribution in [0.5, 0.6) is 0 Å². The fourth-order valence-electron chi connectivity index (χ4n) is 7.12. The second-order valence-corrected chi connectivity index (χ2v) is 10.7. The molecule has 5 heterocycles. The zero-order valence-electron chi connectivity index (χ0n) is 19.6. The molecule has 2 bridgehead atoms. The largest absolute Gasteiger partial charge is 0.317 e. The number of aromatic nitrogens is 2. The molecule has 4 aliphatic rings. The van der Waals surface area contributed by atoms with Gasteiger partial charge in [0.25, 0.3) is 0 Å². The average molecular weight is 450 g/mol. The lowest BCUT2D eigenvalue weighted by Gasteiger charge is -2.41. The van der Waals surface area contributed by atoms with Gasteiger partial charge in [0.15, 0.2) is 0 Å². The molecule has 0 spiro atoms. The molecule has 0 aliphatic carbocycles. The first-order chi connectivity index (χ1) is 16.1. The first-order valence-corrected chi connectivity index (χ1v) is 12.8. The van der Waals surface area contributed by atoms with Gasteiger partial charge in [-0.15, -0.1) is 0 Å². The molecule has 4 fully saturated rings. The monoisotopic (exact) mass is 449 g/mol. The van der Waals surface area contributed by atoms with Crippen molar-refractivity contribution in [2.24, 2.45) is 13.0 Å². The normalized spacial score (nSPS) is 31.3. The van der Waals surface area contributed by atoms with Crippen LogP contribution in [-0.2, 0) is 16.6 Å². The third-order valence-electron chi connectivity index (χ3n) is 8.75. The number of carbonyl (C=O) groups excluding carboxylic acids is 2. The molecule has 4 saturated heterocycles. The molecule has 6 rings (SSSR count). The number of fused-ring (bicyclic) bond motifs is 3. The maximum absolute atomic E-state index is 12.5. The molecule has 2 aromatic rings. The van der Waals surface area contributed by atoms with E-state index in [0.29, 0.717) is 30.8 Å². The molecular formula is C26H35N5O2. The van der Waals surface area contributed by atoms with Gasteiger partial charge < -0.3 is 5.32 Å². The second kappa shape index (κ2) is 8.51. The number of carbonyl (C=O) groups is 2. The lowest BCUT2D eigenvalue weighted by molar-refractivity contribution is -0.134. The Morgan fingerprint density at radius 3 is 2.52 bits per heavy atom. The van der Waals surface area contributed by atoms with Crippen LogP contribution < -0.4 is 10.6 Å². The van der Waals surface area contributed by atoms with Crippen LogP contribution in [0.3, 0.4) is 0 Å². The van der Waals surface area contributed by atoms with E-state index < -0.39 is 0 Å². The van der Waals surface area contributed by atoms with Gasteiger partial charge in [-0.25, -0.2) is 0 Å². The van der Waals surface area contributed by atoms with Gasteiger partial charge in [0, 0.05) is 37.5 Å². The zero-order chi connectivity index (χ0) is 22.5. The number of para-hydroxylation sites is 1. The van der Waals surface area contributed by atoms with E-state index in [-0.39, 0.29) is 17.7 Å². The number of hydrogen-bond acceptors (Lipinski definition) is 5. The molecule has 33 heavy (non-hydrogen) atoms. The summed E-state index contributed by atoms with van der Waals surface area (Å²) in [7, 11) is 2.00. The minimum Gasteiger partial charge on any atom is -0.317 e. The minimum absolute atomic E-state index is 0.177. The lowest BCUT2D eigenvalue weighted by atomic mass is 9.82. The Bertz CT molecular complexity index is 1060. The SMILES string of the molecule is Cn1nc(C2CCC(=O)NC2=O)c2cccc(C3C[C@@H]4CC[C@@H](C3)N4CC3CCNCC3)c21. The second-order valence-electron chi connectivity index (χ2n) is 10.7. The highest BCUT2D eigenvalue weighted by Gasteiger charge is 2.42. The molecule has 2 N–H and O–H groups in total. The number of hydrogen-bond donors (Lipinski definition) is 2. The quantitative estimate of drug-likeness (QED) is 0.702. The number of aryl methyl sites for hydroxylation is 1. The van der Waals surface area contributed by atoms with E-state index in [1.807, 2.05) is 11.7 Å². The van der Waals surface area contributed by atoms with Crippen molar-refractivity contribution < 1.29 is 9.59 Å². The van der Waals surface area contributed by atoms with Crippen molar-refractivity contribution in [3.05, 3.63) is 29.5 Å². The van der Waals surface area contributed by atoms with Crippen molar-refractivity contribution in [3.8, 4) is 0 Å². The fourth-order valence-corrected chi connectivity index (χ4v) is 7.12. The summed E-state index contributed by atoms with van der Waals surface area (Å²) in [6.07, 6.45) is 8.66. The Morgan fingerprint density at radius 1 is 1.03 bits per heavy atom. The van der Waals surface area contributed by atoms with Crippen LogP contribution in [-0.4, -0.2) is 58.2 Å². The van der Waals surface area contributed by atoms with Crippen LogP contribution in [0.2, 0.25) is 0 Å². The number of nitrogens with zero attached hydrogens (tertiary/aromatic N) is 3. The van der Waals surface area contributed by atoms with E-state index in [2.05, 4.69) is 33.7 Å². The summed E-state index contributed by atoms with van der Waals surface area (Å²) < 4.78 is 1.98. The number of piperidine rings is 3. The maximum atomic E-state index is 12.5. The minimum atomic E-state index is -0.343. The van der Waals surface area contributed by atoms with E-state index in [4.69, 9.17) is 5.10 Å². The Kier molecular flexibility index (Phi) is 5.49. The van der Waals surface area contributed by atoms with Gasteiger partial charge in [0.1, 0.15) is 0 Å². The van der Waals surface area contributed by atoms with Gasteiger partial charge >= 0.3 is 0 Å². The van der Waals surface area contributed by atoms with Crippen LogP contribution in [0.15, 0.2) is 18.2 Å². The zero-order valence-corrected chi connectivity index (χ0v) is 19.6. The summed E-state index contributed by atoms with van der Waals surface area (Å²) in [5, 5.41) is 11.9. The Balaban J connectivity index is 1.26. The summed E-state index contributed by atoms with van der Waals surface area (Å²) >= 11 is 0. The fraction of sp³-hybridized carbons (Fsp3) is 0.654. The number of nitrogens with one attached hydrogen (secondary N) is 2. The van der Waals surface area contributed by atoms with Crippen molar-refractivity contribution in [1.29, 1.82) is 0 Å². The number of benzene rings is 1. The predicted molar refractivity (Wildman–Crippen MR) is 127 cm³/mol. The van der Waals surface area contributed by atoms with Gasteiger partial charge in [0.05, 0.1) is 17.1 Å². The molecule has 176 valence electrons. The van der Waals surface area contributed by atoms with E-state index in [9.17, 15) is 9.59 Å². The molecule has 1 aromatic heterocycles. The van der Waals surface area contributed by atoms with Crippen LogP contribution in [0.1, 0.15) is 74.5 Å². The van der Waals surface area contributed by atoms with Crippen molar-refractivity contribution in [1.82, 2.24) is 25.3 Å². The molecule has 7 nitrogen and oxygen atoms in total. The highest BCUT2D eigenvalue weighted by molar-refractivity contribution is 6.02. The first kappa shape index (κ1) is 21.3. The van der Waals surface area contributed by atoms with Crippen molar-refractivity contribution >= 4 is 22.7 Å². The molecule has 4 aliphatic heterocycles. The van der Waals surface area contributed by atoms with Crippen molar-refractivity contribution in [3.63, 3.8) is 0 Å². The van der Waals surface area contributed by atoms with Crippen LogP contribution >= 0.6 is 0 Å². The van der Waals surface area contributed by atoms with E-state index in [0.717, 1.165) is 17.0 Å². The molecule has 1 aromatic carbocycles. The molecule has 0 radical (unpaired) electrons. The number of amides is 2. The van der Waals surface area contributed by atoms with E-state index in [1.165, 1.54) is 69.2 Å². The lowest BCUT2D eigenvalue weighted by Crippen LogP contribution is -2.46. The van der Waals surface area contributed by atoms with E-state index >= 15 is 0 Å². The standard InChI is InChI=1S/C26H35N5O2/c1-30-25-20(3-2-4-21(25)24(29-30)22-7-8-23(32)28-26(22)33)17-13-18-5-6-19(14-17)31(18)15-16-9-11-27-12-10-16/h2-4,16-19,22,27H,5-15H2,1H3,(H,28,32,33)/t18-,19-,22?/m0/s1. The third kappa shape index (κ3) is 3.79. The Labute approximate surface area is 195 Å².